The van der Waals surface area contributed by atoms with Crippen LogP contribution in [0.5, 0.6) is 0 Å². The van der Waals surface area contributed by atoms with E-state index in [0.29, 0.717) is 5.56 Å². The molecule has 0 spiro atoms. The maximum atomic E-state index is 11.1. The van der Waals surface area contributed by atoms with Gasteiger partial charge in [0.2, 0.25) is 0 Å². The van der Waals surface area contributed by atoms with Crippen molar-refractivity contribution in [2.45, 2.75) is 0 Å². The minimum atomic E-state index is -0.461. The molecule has 2 nitrogen and oxygen atoms in total. The number of Topliss-reactive ketones (excluding diaryl/α,β-unsaturated/α-hetero) is 1. The topological polar surface area (TPSA) is 40.9 Å². The van der Waals surface area contributed by atoms with Crippen LogP contribution in [0.3, 0.4) is 0 Å². The van der Waals surface area contributed by atoms with Crippen LogP contribution in [0.4, 0.5) is 0 Å². The molecule has 0 saturated carbocycles. The zero-order valence-electron chi connectivity index (χ0n) is 8.65. The second-order valence-electron chi connectivity index (χ2n) is 2.59. The van der Waals surface area contributed by atoms with Crippen molar-refractivity contribution in [3.05, 3.63) is 35.2 Å². The zero-order valence-corrected chi connectivity index (χ0v) is 10.5. The van der Waals surface area contributed by atoms with Gasteiger partial charge in [-0.05, 0) is 6.07 Å². The number of thiophene rings is 1. The Labute approximate surface area is 109 Å². The van der Waals surface area contributed by atoms with Crippen molar-refractivity contribution in [3.63, 3.8) is 0 Å². The molecular weight excluding hydrogens is 205 g/mol. The molecule has 0 bridgehead atoms. The molecule has 0 aliphatic rings. The van der Waals surface area contributed by atoms with E-state index in [9.17, 15) is 4.79 Å². The van der Waals surface area contributed by atoms with Crippen molar-refractivity contribution < 1.29 is 35.8 Å². The molecule has 0 saturated heterocycles. The number of fused-ring (bicyclic) bond motifs is 1. The molecule has 64 valence electrons. The number of nitriles is 1. The van der Waals surface area contributed by atoms with E-state index in [4.69, 9.17) is 5.26 Å². The van der Waals surface area contributed by atoms with Crippen molar-refractivity contribution in [2.24, 2.45) is 0 Å². The van der Waals surface area contributed by atoms with Gasteiger partial charge in [0, 0.05) is 15.5 Å². The predicted octanol–water partition coefficient (Wildman–Crippen LogP) is -0.276. The normalized spacial score (nSPS) is 9.07. The number of nitrogens with zero attached hydrogens (tertiary/aromatic N) is 1. The largest absolute Gasteiger partial charge is 1.00 e. The maximum Gasteiger partial charge on any atom is 1.00 e. The molecule has 0 aliphatic carbocycles. The fraction of sp³-hybridized carbons (Fsp3) is 0. The molecule has 1 aromatic carbocycles. The maximum absolute atomic E-state index is 11.1. The van der Waals surface area contributed by atoms with E-state index >= 15 is 0 Å². The van der Waals surface area contributed by atoms with Gasteiger partial charge in [0.25, 0.3) is 5.78 Å². The van der Waals surface area contributed by atoms with E-state index in [1.807, 2.05) is 24.3 Å². The molecule has 0 radical (unpaired) electrons. The smallest absolute Gasteiger partial charge is 1.00 e. The van der Waals surface area contributed by atoms with E-state index in [1.165, 1.54) is 11.3 Å². The second kappa shape index (κ2) is 4.72. The molecule has 0 amide bonds. The molecule has 0 atom stereocenters. The molecule has 1 aromatic heterocycles. The summed E-state index contributed by atoms with van der Waals surface area (Å²) in [5.74, 6) is -0.461. The van der Waals surface area contributed by atoms with E-state index in [0.717, 1.165) is 10.1 Å². The van der Waals surface area contributed by atoms with Crippen molar-refractivity contribution in [1.29, 1.82) is 5.26 Å². The standard InChI is InChI=1S/C10H5NOS.Na.H/c11-5-9(12)8-6-13-10-4-2-1-3-7(8)10;;/h1-4,6H;;/q;+1;-1. The van der Waals surface area contributed by atoms with Crippen LogP contribution >= 0.6 is 11.3 Å². The number of ketones is 1. The summed E-state index contributed by atoms with van der Waals surface area (Å²) in [7, 11) is 0. The Kier molecular flexibility index (Phi) is 3.85. The third-order valence-electron chi connectivity index (χ3n) is 1.83. The quantitative estimate of drug-likeness (QED) is 0.370. The number of benzene rings is 1. The van der Waals surface area contributed by atoms with Gasteiger partial charge in [0.05, 0.1) is 5.56 Å². The van der Waals surface area contributed by atoms with Gasteiger partial charge in [-0.1, -0.05) is 18.2 Å². The molecule has 0 N–H and O–H groups in total. The van der Waals surface area contributed by atoms with Gasteiger partial charge >= 0.3 is 29.6 Å². The molecule has 2 rings (SSSR count). The van der Waals surface area contributed by atoms with Crippen LogP contribution in [0.15, 0.2) is 29.6 Å². The summed E-state index contributed by atoms with van der Waals surface area (Å²) in [6.45, 7) is 0. The van der Waals surface area contributed by atoms with Gasteiger partial charge in [-0.25, -0.2) is 0 Å². The van der Waals surface area contributed by atoms with Gasteiger partial charge in [0.15, 0.2) is 0 Å². The number of hydrogen-bond donors (Lipinski definition) is 0. The van der Waals surface area contributed by atoms with Crippen LogP contribution < -0.4 is 29.6 Å². The molecule has 1 heterocycles. The summed E-state index contributed by atoms with van der Waals surface area (Å²) in [6, 6.07) is 9.20. The van der Waals surface area contributed by atoms with Crippen LogP contribution in [-0.4, -0.2) is 5.78 Å². The number of rotatable bonds is 1. The summed E-state index contributed by atoms with van der Waals surface area (Å²) in [5.41, 5.74) is 0.517. The van der Waals surface area contributed by atoms with Crippen LogP contribution in [-0.2, 0) is 0 Å². The Hall–Kier alpha value is -0.660. The number of hydrogen-bond acceptors (Lipinski definition) is 3. The van der Waals surface area contributed by atoms with Crippen molar-refractivity contribution in [2.75, 3.05) is 0 Å². The summed E-state index contributed by atoms with van der Waals surface area (Å²) in [4.78, 5) is 11.1. The Balaban J connectivity index is 0.000000980. The summed E-state index contributed by atoms with van der Waals surface area (Å²) >= 11 is 1.49. The summed E-state index contributed by atoms with van der Waals surface area (Å²) in [5, 5.41) is 11.1. The van der Waals surface area contributed by atoms with Crippen LogP contribution in [0, 0.1) is 11.3 Å². The van der Waals surface area contributed by atoms with Gasteiger partial charge in [-0.15, -0.1) is 11.3 Å². The predicted molar refractivity (Wildman–Crippen MR) is 52.9 cm³/mol. The molecular formula is C10H6NNaOS. The average molecular weight is 211 g/mol. The second-order valence-corrected chi connectivity index (χ2v) is 3.50. The van der Waals surface area contributed by atoms with Gasteiger partial charge in [0.1, 0.15) is 6.07 Å². The summed E-state index contributed by atoms with van der Waals surface area (Å²) in [6.07, 6.45) is 0. The Morgan fingerprint density at radius 3 is 2.86 bits per heavy atom. The monoisotopic (exact) mass is 211 g/mol. The van der Waals surface area contributed by atoms with Crippen LogP contribution in [0.25, 0.3) is 10.1 Å². The molecule has 0 fully saturated rings. The van der Waals surface area contributed by atoms with E-state index < -0.39 is 5.78 Å². The molecule has 0 aliphatic heterocycles. The van der Waals surface area contributed by atoms with Crippen molar-refractivity contribution in [3.8, 4) is 6.07 Å². The first-order chi connectivity index (χ1) is 6.33. The minimum Gasteiger partial charge on any atom is -1.00 e. The van der Waals surface area contributed by atoms with Gasteiger partial charge in [-0.3, -0.25) is 4.79 Å². The minimum absolute atomic E-state index is 0. The molecule has 14 heavy (non-hydrogen) atoms. The first-order valence-corrected chi connectivity index (χ1v) is 4.61. The zero-order chi connectivity index (χ0) is 9.26. The Morgan fingerprint density at radius 2 is 2.14 bits per heavy atom. The average Bonchev–Trinajstić information content (AvgIpc) is 2.60. The Morgan fingerprint density at radius 1 is 1.43 bits per heavy atom. The van der Waals surface area contributed by atoms with E-state index in [-0.39, 0.29) is 31.0 Å². The van der Waals surface area contributed by atoms with Crippen molar-refractivity contribution in [1.82, 2.24) is 0 Å². The Bertz CT molecular complexity index is 517. The van der Waals surface area contributed by atoms with E-state index in [1.54, 1.807) is 11.4 Å². The van der Waals surface area contributed by atoms with Gasteiger partial charge < -0.3 is 1.43 Å². The third-order valence-corrected chi connectivity index (χ3v) is 2.79. The SMILES string of the molecule is N#CC(=O)c1csc2ccccc12.[H-].[Na+]. The van der Waals surface area contributed by atoms with Crippen molar-refractivity contribution >= 4 is 27.2 Å². The molecule has 4 heteroatoms. The first kappa shape index (κ1) is 11.4. The van der Waals surface area contributed by atoms with Crippen LogP contribution in [0.1, 0.15) is 11.8 Å². The number of carbonyl (C=O) groups excluding carboxylic acids is 1. The van der Waals surface area contributed by atoms with Gasteiger partial charge in [-0.2, -0.15) is 5.26 Å². The van der Waals surface area contributed by atoms with E-state index in [2.05, 4.69) is 0 Å². The molecule has 0 unspecified atom stereocenters. The third kappa shape index (κ3) is 1.89. The fourth-order valence-electron chi connectivity index (χ4n) is 1.21. The fourth-order valence-corrected chi connectivity index (χ4v) is 2.15. The first-order valence-electron chi connectivity index (χ1n) is 3.73. The molecule has 2 aromatic rings. The van der Waals surface area contributed by atoms with Crippen LogP contribution in [0.2, 0.25) is 0 Å². The number of carbonyl (C=O) groups is 1. The summed E-state index contributed by atoms with van der Waals surface area (Å²) < 4.78 is 1.04.